The van der Waals surface area contributed by atoms with Gasteiger partial charge >= 0.3 is 0 Å². The van der Waals surface area contributed by atoms with Crippen LogP contribution in [0.15, 0.2) is 35.9 Å². The number of rotatable bonds is 3. The first-order valence-corrected chi connectivity index (χ1v) is 10.3. The van der Waals surface area contributed by atoms with Gasteiger partial charge in [0, 0.05) is 23.8 Å². The fraction of sp³-hybridized carbons (Fsp3) is 0.545. The Balaban J connectivity index is 1.47. The number of anilines is 1. The highest BCUT2D eigenvalue weighted by Gasteiger charge is 2.65. The number of amides is 2. The van der Waals surface area contributed by atoms with Gasteiger partial charge < -0.3 is 10.6 Å². The van der Waals surface area contributed by atoms with Crippen molar-refractivity contribution in [3.63, 3.8) is 0 Å². The zero-order chi connectivity index (χ0) is 18.4. The molecule has 0 bridgehead atoms. The average Bonchev–Trinajstić information content (AvgIpc) is 3.35. The van der Waals surface area contributed by atoms with Crippen LogP contribution in [0.4, 0.5) is 5.69 Å². The van der Waals surface area contributed by atoms with Crippen molar-refractivity contribution in [1.29, 1.82) is 0 Å². The fourth-order valence-corrected chi connectivity index (χ4v) is 5.77. The highest BCUT2D eigenvalue weighted by Crippen LogP contribution is 2.55. The summed E-state index contributed by atoms with van der Waals surface area (Å²) in [5.74, 6) is -0.316. The molecule has 3 aliphatic heterocycles. The highest BCUT2D eigenvalue weighted by molar-refractivity contribution is 6.09. The van der Waals surface area contributed by atoms with E-state index in [-0.39, 0.29) is 17.7 Å². The minimum Gasteiger partial charge on any atom is -0.352 e. The molecular formula is C22H27N3O2. The molecule has 142 valence electrons. The van der Waals surface area contributed by atoms with E-state index in [2.05, 4.69) is 21.6 Å². The van der Waals surface area contributed by atoms with Crippen molar-refractivity contribution < 1.29 is 9.59 Å². The second-order valence-corrected chi connectivity index (χ2v) is 8.37. The zero-order valence-electron chi connectivity index (χ0n) is 15.7. The van der Waals surface area contributed by atoms with E-state index in [9.17, 15) is 9.59 Å². The molecule has 1 aromatic carbocycles. The zero-order valence-corrected chi connectivity index (χ0v) is 15.7. The van der Waals surface area contributed by atoms with E-state index in [1.54, 1.807) is 0 Å². The van der Waals surface area contributed by atoms with Gasteiger partial charge in [-0.05, 0) is 57.6 Å². The second kappa shape index (κ2) is 6.48. The molecule has 2 amide bonds. The molecule has 27 heavy (non-hydrogen) atoms. The van der Waals surface area contributed by atoms with Crippen LogP contribution in [0.2, 0.25) is 0 Å². The van der Waals surface area contributed by atoms with Crippen molar-refractivity contribution >= 4 is 17.5 Å². The van der Waals surface area contributed by atoms with Gasteiger partial charge in [-0.3, -0.25) is 14.5 Å². The molecule has 0 unspecified atom stereocenters. The van der Waals surface area contributed by atoms with Crippen LogP contribution >= 0.6 is 0 Å². The maximum Gasteiger partial charge on any atom is 0.250 e. The van der Waals surface area contributed by atoms with Crippen LogP contribution in [0, 0.1) is 5.92 Å². The summed E-state index contributed by atoms with van der Waals surface area (Å²) >= 11 is 0. The summed E-state index contributed by atoms with van der Waals surface area (Å²) in [5.41, 5.74) is 2.35. The maximum atomic E-state index is 13.3. The molecule has 5 nitrogen and oxygen atoms in total. The van der Waals surface area contributed by atoms with Crippen molar-refractivity contribution in [2.24, 2.45) is 5.92 Å². The molecule has 5 heteroatoms. The van der Waals surface area contributed by atoms with E-state index in [4.69, 9.17) is 0 Å². The van der Waals surface area contributed by atoms with E-state index in [0.717, 1.165) is 49.9 Å². The van der Waals surface area contributed by atoms with Crippen LogP contribution in [-0.4, -0.2) is 35.8 Å². The number of hydrogen-bond acceptors (Lipinski definition) is 3. The van der Waals surface area contributed by atoms with Crippen LogP contribution in [0.25, 0.3) is 0 Å². The van der Waals surface area contributed by atoms with Gasteiger partial charge in [0.05, 0.1) is 5.92 Å². The predicted molar refractivity (Wildman–Crippen MR) is 104 cm³/mol. The van der Waals surface area contributed by atoms with E-state index < -0.39 is 5.54 Å². The van der Waals surface area contributed by atoms with Gasteiger partial charge in [-0.2, -0.15) is 0 Å². The Hall–Kier alpha value is -2.14. The van der Waals surface area contributed by atoms with Gasteiger partial charge in [-0.15, -0.1) is 0 Å². The number of allylic oxidation sites excluding steroid dienone is 1. The Bertz CT molecular complexity index is 818. The first-order valence-electron chi connectivity index (χ1n) is 10.3. The number of carbonyl (C=O) groups excluding carboxylic acids is 2. The lowest BCUT2D eigenvalue weighted by Gasteiger charge is -2.36. The summed E-state index contributed by atoms with van der Waals surface area (Å²) in [5, 5.41) is 6.23. The highest BCUT2D eigenvalue weighted by atomic mass is 16.2. The normalized spacial score (nSPS) is 32.1. The first-order chi connectivity index (χ1) is 13.2. The summed E-state index contributed by atoms with van der Waals surface area (Å²) in [4.78, 5) is 28.9. The number of hydrogen-bond donors (Lipinski definition) is 2. The van der Waals surface area contributed by atoms with Gasteiger partial charge in [0.2, 0.25) is 11.8 Å². The monoisotopic (exact) mass is 365 g/mol. The third kappa shape index (κ3) is 2.48. The smallest absolute Gasteiger partial charge is 0.250 e. The van der Waals surface area contributed by atoms with Gasteiger partial charge in [0.1, 0.15) is 5.54 Å². The Morgan fingerprint density at radius 1 is 1.26 bits per heavy atom. The molecule has 2 N–H and O–H groups in total. The van der Waals surface area contributed by atoms with Gasteiger partial charge in [-0.1, -0.05) is 29.8 Å². The number of benzene rings is 1. The lowest BCUT2D eigenvalue weighted by Crippen LogP contribution is -2.54. The number of fused-ring (bicyclic) bond motifs is 4. The molecule has 2 saturated heterocycles. The number of nitrogens with one attached hydrogen (secondary N) is 2. The molecule has 4 aliphatic rings. The van der Waals surface area contributed by atoms with E-state index >= 15 is 0 Å². The van der Waals surface area contributed by atoms with Crippen LogP contribution in [0.5, 0.6) is 0 Å². The minimum atomic E-state index is -0.831. The van der Waals surface area contributed by atoms with Crippen LogP contribution in [0.3, 0.4) is 0 Å². The molecule has 0 saturated carbocycles. The van der Waals surface area contributed by atoms with Gasteiger partial charge in [0.15, 0.2) is 0 Å². The van der Waals surface area contributed by atoms with Gasteiger partial charge in [0.25, 0.3) is 0 Å². The molecule has 3 heterocycles. The van der Waals surface area contributed by atoms with Crippen molar-refractivity contribution in [1.82, 2.24) is 10.2 Å². The fourth-order valence-electron chi connectivity index (χ4n) is 5.77. The average molecular weight is 365 g/mol. The lowest BCUT2D eigenvalue weighted by atomic mass is 9.78. The molecule has 1 aromatic rings. The van der Waals surface area contributed by atoms with Gasteiger partial charge in [-0.25, -0.2) is 0 Å². The van der Waals surface area contributed by atoms with Crippen LogP contribution in [0.1, 0.15) is 50.5 Å². The molecule has 3 atom stereocenters. The SMILES string of the molecule is O=C(NCC1=CCCCC1)[C@H]1C[C@H]2CCCN2[C@]12C(=O)Nc1ccccc12. The van der Waals surface area contributed by atoms with Crippen molar-refractivity contribution in [2.75, 3.05) is 18.4 Å². The second-order valence-electron chi connectivity index (χ2n) is 8.37. The van der Waals surface area contributed by atoms with E-state index in [1.807, 2.05) is 24.3 Å². The van der Waals surface area contributed by atoms with Crippen LogP contribution in [-0.2, 0) is 15.1 Å². The van der Waals surface area contributed by atoms with Crippen molar-refractivity contribution in [3.8, 4) is 0 Å². The molecule has 1 aliphatic carbocycles. The Morgan fingerprint density at radius 2 is 2.15 bits per heavy atom. The molecule has 0 aromatic heterocycles. The largest absolute Gasteiger partial charge is 0.352 e. The lowest BCUT2D eigenvalue weighted by molar-refractivity contribution is -0.137. The summed E-state index contributed by atoms with van der Waals surface area (Å²) in [6.07, 6.45) is 9.86. The number of para-hydroxylation sites is 1. The molecular weight excluding hydrogens is 338 g/mol. The molecule has 1 spiro atoms. The van der Waals surface area contributed by atoms with E-state index in [1.165, 1.54) is 18.4 Å². The molecule has 5 rings (SSSR count). The summed E-state index contributed by atoms with van der Waals surface area (Å²) < 4.78 is 0. The number of nitrogens with zero attached hydrogens (tertiary/aromatic N) is 1. The molecule has 0 radical (unpaired) electrons. The van der Waals surface area contributed by atoms with Crippen LogP contribution < -0.4 is 10.6 Å². The first kappa shape index (κ1) is 17.0. The topological polar surface area (TPSA) is 61.4 Å². The van der Waals surface area contributed by atoms with Crippen molar-refractivity contribution in [2.45, 2.75) is 56.5 Å². The summed E-state index contributed by atoms with van der Waals surface area (Å²) in [6.45, 7) is 1.51. The predicted octanol–water partition coefficient (Wildman–Crippen LogP) is 2.93. The number of carbonyl (C=O) groups is 2. The van der Waals surface area contributed by atoms with E-state index in [0.29, 0.717) is 12.6 Å². The standard InChI is InChI=1S/C22H27N3O2/c26-20(23-14-15-7-2-1-3-8-15)18-13-16-9-6-12-25(16)22(18)17-10-4-5-11-19(17)24-21(22)27/h4-5,7,10-11,16,18H,1-3,6,8-9,12-14H2,(H,23,26)(H,24,27)/t16-,18-,22+/m1/s1. The minimum absolute atomic E-state index is 0.0230. The van der Waals surface area contributed by atoms with Crippen molar-refractivity contribution in [3.05, 3.63) is 41.5 Å². The third-order valence-electron chi connectivity index (χ3n) is 6.97. The maximum absolute atomic E-state index is 13.3. The Kier molecular flexibility index (Phi) is 4.08. The summed E-state index contributed by atoms with van der Waals surface area (Å²) in [7, 11) is 0. The quantitative estimate of drug-likeness (QED) is 0.810. The molecule has 2 fully saturated rings. The Morgan fingerprint density at radius 3 is 3.00 bits per heavy atom. The third-order valence-corrected chi connectivity index (χ3v) is 6.97. The Labute approximate surface area is 160 Å². The summed E-state index contributed by atoms with van der Waals surface area (Å²) in [6, 6.07) is 8.22.